The van der Waals surface area contributed by atoms with E-state index in [-0.39, 0.29) is 17.9 Å². The van der Waals surface area contributed by atoms with Crippen LogP contribution in [0.4, 0.5) is 17.6 Å². The van der Waals surface area contributed by atoms with Gasteiger partial charge in [-0.05, 0) is 44.5 Å². The lowest BCUT2D eigenvalue weighted by atomic mass is 10.1. The maximum absolute atomic E-state index is 12.4. The van der Waals surface area contributed by atoms with Crippen molar-refractivity contribution < 1.29 is 9.53 Å². The Bertz CT molecular complexity index is 1200. The van der Waals surface area contributed by atoms with E-state index in [0.29, 0.717) is 25.0 Å². The molecule has 4 rings (SSSR count). The molecule has 0 atom stereocenters. The lowest BCUT2D eigenvalue weighted by Gasteiger charge is -2.23. The smallest absolute Gasteiger partial charge is 0.248 e. The number of carbonyl (C=O) groups excluding carboxylic acids is 1. The minimum atomic E-state index is -0.162. The molecule has 3 N–H and O–H groups in total. The molecule has 36 heavy (non-hydrogen) atoms. The molecule has 1 aliphatic heterocycles. The summed E-state index contributed by atoms with van der Waals surface area (Å²) in [5, 5.41) is 14.4. The fraction of sp³-hybridized carbons (Fsp3) is 0.462. The van der Waals surface area contributed by atoms with E-state index in [1.807, 2.05) is 55.5 Å². The lowest BCUT2D eigenvalue weighted by Crippen LogP contribution is -2.29. The van der Waals surface area contributed by atoms with Crippen LogP contribution in [0.1, 0.15) is 43.7 Å². The topological polar surface area (TPSA) is 109 Å². The maximum Gasteiger partial charge on any atom is 0.248 e. The Kier molecular flexibility index (Phi) is 8.50. The van der Waals surface area contributed by atoms with Gasteiger partial charge >= 0.3 is 0 Å². The highest BCUT2D eigenvalue weighted by Gasteiger charge is 2.19. The lowest BCUT2D eigenvalue weighted by molar-refractivity contribution is -0.111. The number of rotatable bonds is 10. The van der Waals surface area contributed by atoms with Gasteiger partial charge in [-0.2, -0.15) is 19.6 Å². The van der Waals surface area contributed by atoms with Crippen molar-refractivity contribution in [1.82, 2.24) is 24.5 Å². The van der Waals surface area contributed by atoms with Gasteiger partial charge < -0.3 is 25.6 Å². The number of nitrogens with zero attached hydrogens (tertiary/aromatic N) is 5. The van der Waals surface area contributed by atoms with E-state index in [9.17, 15) is 4.79 Å². The molecule has 0 saturated carbocycles. The molecule has 1 amide bonds. The van der Waals surface area contributed by atoms with Gasteiger partial charge in [-0.25, -0.2) is 0 Å². The number of nitrogens with one attached hydrogen (secondary N) is 3. The zero-order valence-corrected chi connectivity index (χ0v) is 21.5. The molecular formula is C26H36N8O2. The third-order valence-corrected chi connectivity index (χ3v) is 6.02. The molecule has 0 radical (unpaired) electrons. The van der Waals surface area contributed by atoms with E-state index >= 15 is 0 Å². The number of amides is 1. The van der Waals surface area contributed by atoms with Gasteiger partial charge in [0.05, 0.1) is 6.20 Å². The van der Waals surface area contributed by atoms with Gasteiger partial charge in [-0.15, -0.1) is 0 Å². The number of ether oxygens (including phenoxy) is 1. The first kappa shape index (κ1) is 25.6. The highest BCUT2D eigenvalue weighted by Crippen LogP contribution is 2.24. The van der Waals surface area contributed by atoms with E-state index < -0.39 is 0 Å². The Morgan fingerprint density at radius 2 is 2.00 bits per heavy atom. The first-order valence-electron chi connectivity index (χ1n) is 12.4. The standard InChI is InChI=1S/C26H36N8O2/c1-18(2)21-17-28-34-24(21)31-25(29-20-11-14-36-15-12-20)32-26(34)27-16-19-8-5-6-9-22(19)30-23(35)10-7-13-33(3)4/h5-10,17-18,20H,11-16H2,1-4H3,(H,30,35)(H2,27,29,31,32)/b10-7+. The van der Waals surface area contributed by atoms with E-state index in [1.165, 1.54) is 0 Å². The van der Waals surface area contributed by atoms with E-state index in [4.69, 9.17) is 14.7 Å². The van der Waals surface area contributed by atoms with Crippen molar-refractivity contribution in [3.05, 3.63) is 53.7 Å². The van der Waals surface area contributed by atoms with Gasteiger partial charge in [0, 0.05) is 49.7 Å². The largest absolute Gasteiger partial charge is 0.381 e. The molecule has 192 valence electrons. The van der Waals surface area contributed by atoms with Crippen molar-refractivity contribution in [3.63, 3.8) is 0 Å². The summed E-state index contributed by atoms with van der Waals surface area (Å²) in [4.78, 5) is 23.9. The summed E-state index contributed by atoms with van der Waals surface area (Å²) in [6.45, 7) is 6.89. The molecule has 0 spiro atoms. The Morgan fingerprint density at radius 3 is 2.75 bits per heavy atom. The molecule has 10 nitrogen and oxygen atoms in total. The van der Waals surface area contributed by atoms with Gasteiger partial charge in [0.2, 0.25) is 17.8 Å². The van der Waals surface area contributed by atoms with Crippen molar-refractivity contribution in [3.8, 4) is 0 Å². The summed E-state index contributed by atoms with van der Waals surface area (Å²) in [5.74, 6) is 1.28. The minimum Gasteiger partial charge on any atom is -0.381 e. The SMILES string of the molecule is CC(C)c1cnn2c(NCc3ccccc3NC(=O)/C=C/CN(C)C)nc(NC3CCOCC3)nc12. The third kappa shape index (κ3) is 6.58. The average molecular weight is 493 g/mol. The number of aromatic nitrogens is 4. The second kappa shape index (κ2) is 12.0. The van der Waals surface area contributed by atoms with Crippen LogP contribution in [0.2, 0.25) is 0 Å². The first-order chi connectivity index (χ1) is 17.4. The molecule has 3 heterocycles. The number of para-hydroxylation sites is 1. The Morgan fingerprint density at radius 1 is 1.22 bits per heavy atom. The summed E-state index contributed by atoms with van der Waals surface area (Å²) in [6, 6.07) is 8.01. The molecule has 2 aromatic heterocycles. The van der Waals surface area contributed by atoms with Crippen LogP contribution in [0.5, 0.6) is 0 Å². The summed E-state index contributed by atoms with van der Waals surface area (Å²) < 4.78 is 7.23. The molecule has 10 heteroatoms. The summed E-state index contributed by atoms with van der Waals surface area (Å²) >= 11 is 0. The van der Waals surface area contributed by atoms with Crippen molar-refractivity contribution in [2.45, 2.75) is 45.2 Å². The van der Waals surface area contributed by atoms with Crippen LogP contribution in [-0.4, -0.2) is 70.3 Å². The zero-order chi connectivity index (χ0) is 25.5. The summed E-state index contributed by atoms with van der Waals surface area (Å²) in [6.07, 6.45) is 7.09. The number of benzene rings is 1. The summed E-state index contributed by atoms with van der Waals surface area (Å²) in [5.41, 5.74) is 3.53. The second-order valence-corrected chi connectivity index (χ2v) is 9.56. The monoisotopic (exact) mass is 492 g/mol. The van der Waals surface area contributed by atoms with Crippen LogP contribution in [0.3, 0.4) is 0 Å². The van der Waals surface area contributed by atoms with Crippen LogP contribution < -0.4 is 16.0 Å². The van der Waals surface area contributed by atoms with Gasteiger partial charge in [0.25, 0.3) is 0 Å². The fourth-order valence-corrected chi connectivity index (χ4v) is 4.02. The number of hydrogen-bond acceptors (Lipinski definition) is 8. The third-order valence-electron chi connectivity index (χ3n) is 6.02. The van der Waals surface area contributed by atoms with Crippen LogP contribution >= 0.6 is 0 Å². The average Bonchev–Trinajstić information content (AvgIpc) is 3.28. The van der Waals surface area contributed by atoms with Gasteiger partial charge in [0.15, 0.2) is 5.65 Å². The normalized spacial score (nSPS) is 14.7. The van der Waals surface area contributed by atoms with Crippen molar-refractivity contribution in [1.29, 1.82) is 0 Å². The van der Waals surface area contributed by atoms with Crippen molar-refractivity contribution >= 4 is 29.1 Å². The molecule has 1 aliphatic rings. The minimum absolute atomic E-state index is 0.162. The Labute approximate surface area is 212 Å². The molecule has 3 aromatic rings. The predicted molar refractivity (Wildman–Crippen MR) is 142 cm³/mol. The molecule has 1 saturated heterocycles. The Hall–Kier alpha value is -3.50. The van der Waals surface area contributed by atoms with Gasteiger partial charge in [0.1, 0.15) is 0 Å². The molecule has 1 fully saturated rings. The number of anilines is 3. The van der Waals surface area contributed by atoms with Crippen LogP contribution in [0.15, 0.2) is 42.6 Å². The highest BCUT2D eigenvalue weighted by molar-refractivity contribution is 5.99. The van der Waals surface area contributed by atoms with Gasteiger partial charge in [-0.1, -0.05) is 38.1 Å². The van der Waals surface area contributed by atoms with Crippen LogP contribution in [-0.2, 0) is 16.1 Å². The van der Waals surface area contributed by atoms with Crippen LogP contribution in [0, 0.1) is 0 Å². The van der Waals surface area contributed by atoms with E-state index in [1.54, 1.807) is 10.6 Å². The number of hydrogen-bond donors (Lipinski definition) is 3. The van der Waals surface area contributed by atoms with Crippen LogP contribution in [0.25, 0.3) is 5.65 Å². The van der Waals surface area contributed by atoms with Crippen molar-refractivity contribution in [2.75, 3.05) is 49.8 Å². The first-order valence-corrected chi connectivity index (χ1v) is 12.4. The highest BCUT2D eigenvalue weighted by atomic mass is 16.5. The molecule has 0 bridgehead atoms. The molecule has 1 aromatic carbocycles. The number of carbonyl (C=O) groups is 1. The van der Waals surface area contributed by atoms with E-state index in [2.05, 4.69) is 34.9 Å². The Balaban J connectivity index is 1.54. The maximum atomic E-state index is 12.4. The zero-order valence-electron chi connectivity index (χ0n) is 21.5. The van der Waals surface area contributed by atoms with Gasteiger partial charge in [-0.3, -0.25) is 4.79 Å². The van der Waals surface area contributed by atoms with Crippen molar-refractivity contribution in [2.24, 2.45) is 0 Å². The summed E-state index contributed by atoms with van der Waals surface area (Å²) in [7, 11) is 3.92. The second-order valence-electron chi connectivity index (χ2n) is 9.56. The number of fused-ring (bicyclic) bond motifs is 1. The molecule has 0 aliphatic carbocycles. The van der Waals surface area contributed by atoms with E-state index in [0.717, 1.165) is 48.5 Å². The molecular weight excluding hydrogens is 456 g/mol. The molecule has 0 unspecified atom stereocenters. The quantitative estimate of drug-likeness (QED) is 0.369. The predicted octanol–water partition coefficient (Wildman–Crippen LogP) is 3.51. The number of likely N-dealkylation sites (N-methyl/N-ethyl adjacent to an activating group) is 1. The fourth-order valence-electron chi connectivity index (χ4n) is 4.02.